The van der Waals surface area contributed by atoms with E-state index in [-0.39, 0.29) is 23.1 Å². The second-order valence-corrected chi connectivity index (χ2v) is 5.55. The predicted octanol–water partition coefficient (Wildman–Crippen LogP) is 4.24. The third kappa shape index (κ3) is 3.67. The lowest BCUT2D eigenvalue weighted by atomic mass is 10.2. The number of rotatable bonds is 6. The average Bonchev–Trinajstić information content (AvgIpc) is 3.01. The molecule has 26 heavy (non-hydrogen) atoms. The van der Waals surface area contributed by atoms with Gasteiger partial charge >= 0.3 is 0 Å². The number of benzene rings is 2. The summed E-state index contributed by atoms with van der Waals surface area (Å²) in [5.41, 5.74) is 0.768. The van der Waals surface area contributed by atoms with Gasteiger partial charge in [-0.15, -0.1) is 5.10 Å². The molecule has 0 saturated heterocycles. The van der Waals surface area contributed by atoms with Gasteiger partial charge in [0.2, 0.25) is 5.89 Å². The van der Waals surface area contributed by atoms with E-state index in [1.165, 1.54) is 25.0 Å². The van der Waals surface area contributed by atoms with E-state index >= 15 is 0 Å². The Balaban J connectivity index is 1.82. The first-order chi connectivity index (χ1) is 12.5. The highest BCUT2D eigenvalue weighted by Gasteiger charge is 2.12. The van der Waals surface area contributed by atoms with Crippen molar-refractivity contribution in [3.8, 4) is 23.0 Å². The molecule has 6 nitrogen and oxygen atoms in total. The van der Waals surface area contributed by atoms with Crippen molar-refractivity contribution in [3.63, 3.8) is 0 Å². The fourth-order valence-corrected chi connectivity index (χ4v) is 2.47. The van der Waals surface area contributed by atoms with Gasteiger partial charge in [0.15, 0.2) is 11.5 Å². The van der Waals surface area contributed by atoms with E-state index in [4.69, 9.17) is 26.1 Å². The van der Waals surface area contributed by atoms with Gasteiger partial charge in [0.25, 0.3) is 4.84 Å². The molecule has 0 spiro atoms. The second-order valence-electron chi connectivity index (χ2n) is 5.20. The fourth-order valence-electron chi connectivity index (χ4n) is 2.28. The molecule has 0 aliphatic carbocycles. The largest absolute Gasteiger partial charge is 0.493 e. The quantitative estimate of drug-likeness (QED) is 0.647. The van der Waals surface area contributed by atoms with E-state index in [2.05, 4.69) is 10.4 Å². The summed E-state index contributed by atoms with van der Waals surface area (Å²) in [6.07, 6.45) is 0. The van der Waals surface area contributed by atoms with Crippen LogP contribution in [0.5, 0.6) is 11.5 Å². The molecule has 0 bridgehead atoms. The third-order valence-electron chi connectivity index (χ3n) is 3.59. The lowest BCUT2D eigenvalue weighted by Gasteiger charge is -2.08. The van der Waals surface area contributed by atoms with Crippen LogP contribution in [0, 0.1) is 16.5 Å². The van der Waals surface area contributed by atoms with Crippen molar-refractivity contribution >= 4 is 17.9 Å². The number of hydrogen-bond acceptors (Lipinski definition) is 6. The molecule has 1 aromatic heterocycles. The van der Waals surface area contributed by atoms with Gasteiger partial charge in [-0.2, -0.15) is 0 Å². The molecule has 3 rings (SSSR count). The van der Waals surface area contributed by atoms with E-state index in [0.717, 1.165) is 12.1 Å². The zero-order valence-corrected chi connectivity index (χ0v) is 14.8. The Morgan fingerprint density at radius 2 is 1.88 bits per heavy atom. The van der Waals surface area contributed by atoms with E-state index < -0.39 is 11.6 Å². The van der Waals surface area contributed by atoms with Crippen LogP contribution in [0.3, 0.4) is 0 Å². The van der Waals surface area contributed by atoms with Gasteiger partial charge in [0, 0.05) is 11.6 Å². The highest BCUT2D eigenvalue weighted by molar-refractivity contribution is 7.71. The minimum absolute atomic E-state index is 0.0537. The molecule has 0 aliphatic heterocycles. The lowest BCUT2D eigenvalue weighted by molar-refractivity contribution is 0.355. The van der Waals surface area contributed by atoms with Crippen LogP contribution in [0.15, 0.2) is 40.8 Å². The summed E-state index contributed by atoms with van der Waals surface area (Å²) in [4.78, 5) is 0.102. The minimum atomic E-state index is -0.708. The highest BCUT2D eigenvalue weighted by atomic mass is 32.1. The summed E-state index contributed by atoms with van der Waals surface area (Å²) in [6.45, 7) is 0.0537. The van der Waals surface area contributed by atoms with Crippen LogP contribution in [-0.4, -0.2) is 24.0 Å². The average molecular weight is 379 g/mol. The van der Waals surface area contributed by atoms with Crippen LogP contribution in [0.2, 0.25) is 0 Å². The van der Waals surface area contributed by atoms with Crippen molar-refractivity contribution in [1.29, 1.82) is 0 Å². The Kier molecular flexibility index (Phi) is 5.17. The Labute approximate surface area is 153 Å². The number of ether oxygens (including phenoxy) is 2. The van der Waals surface area contributed by atoms with Crippen LogP contribution in [-0.2, 0) is 6.67 Å². The lowest BCUT2D eigenvalue weighted by Crippen LogP contribution is -2.10. The van der Waals surface area contributed by atoms with E-state index in [9.17, 15) is 8.78 Å². The van der Waals surface area contributed by atoms with Gasteiger partial charge in [0.05, 0.1) is 19.9 Å². The SMILES string of the molecule is COc1ccc(-c2nn(CNc3ccc(F)cc3F)c(=S)o2)cc1OC. The Morgan fingerprint density at radius 3 is 2.58 bits per heavy atom. The van der Waals surface area contributed by atoms with E-state index in [1.54, 1.807) is 18.2 Å². The first kappa shape index (κ1) is 17.9. The maximum Gasteiger partial charge on any atom is 0.289 e. The number of methoxy groups -OCH3 is 2. The molecule has 0 saturated carbocycles. The summed E-state index contributed by atoms with van der Waals surface area (Å²) in [6, 6.07) is 8.42. The van der Waals surface area contributed by atoms with Crippen LogP contribution in [0.25, 0.3) is 11.5 Å². The van der Waals surface area contributed by atoms with Crippen molar-refractivity contribution < 1.29 is 22.7 Å². The summed E-state index contributed by atoms with van der Waals surface area (Å²) < 4.78 is 43.9. The summed E-state index contributed by atoms with van der Waals surface area (Å²) in [5, 5.41) is 7.05. The van der Waals surface area contributed by atoms with Gasteiger partial charge in [-0.05, 0) is 42.5 Å². The molecule has 0 unspecified atom stereocenters. The second kappa shape index (κ2) is 7.52. The van der Waals surface area contributed by atoms with Crippen molar-refractivity contribution in [2.45, 2.75) is 6.67 Å². The molecule has 1 N–H and O–H groups in total. The Bertz CT molecular complexity index is 988. The van der Waals surface area contributed by atoms with Gasteiger partial charge < -0.3 is 19.2 Å². The molecule has 0 fully saturated rings. The molecule has 136 valence electrons. The fraction of sp³-hybridized carbons (Fsp3) is 0.176. The van der Waals surface area contributed by atoms with Crippen LogP contribution in [0.1, 0.15) is 0 Å². The number of aromatic nitrogens is 2. The van der Waals surface area contributed by atoms with Gasteiger partial charge in [-0.1, -0.05) is 0 Å². The normalized spacial score (nSPS) is 10.6. The number of nitrogens with zero attached hydrogens (tertiary/aromatic N) is 2. The highest BCUT2D eigenvalue weighted by Crippen LogP contribution is 2.31. The first-order valence-corrected chi connectivity index (χ1v) is 7.92. The van der Waals surface area contributed by atoms with Crippen LogP contribution < -0.4 is 14.8 Å². The molecule has 9 heteroatoms. The topological polar surface area (TPSA) is 61.5 Å². The van der Waals surface area contributed by atoms with Gasteiger partial charge in [-0.3, -0.25) is 0 Å². The number of anilines is 1. The molecule has 0 radical (unpaired) electrons. The molecule has 0 amide bonds. The smallest absolute Gasteiger partial charge is 0.289 e. The monoisotopic (exact) mass is 379 g/mol. The standard InChI is InChI=1S/C17H15F2N3O3S/c1-23-14-6-3-10(7-15(14)24-2)16-21-22(17(26)25-16)9-20-13-5-4-11(18)8-12(13)19/h3-8,20H,9H2,1-2H3. The number of hydrogen-bond donors (Lipinski definition) is 1. The van der Waals surface area contributed by atoms with Crippen molar-refractivity contribution in [2.75, 3.05) is 19.5 Å². The molecule has 0 atom stereocenters. The zero-order chi connectivity index (χ0) is 18.7. The maximum atomic E-state index is 13.7. The van der Waals surface area contributed by atoms with Crippen LogP contribution >= 0.6 is 12.2 Å². The Morgan fingerprint density at radius 1 is 1.12 bits per heavy atom. The Hall–Kier alpha value is -2.94. The molecule has 2 aromatic carbocycles. The van der Waals surface area contributed by atoms with Gasteiger partial charge in [0.1, 0.15) is 18.3 Å². The maximum absolute atomic E-state index is 13.7. The van der Waals surface area contributed by atoms with Crippen molar-refractivity contribution in [2.24, 2.45) is 0 Å². The molecular formula is C17H15F2N3O3S. The zero-order valence-electron chi connectivity index (χ0n) is 14.0. The van der Waals surface area contributed by atoms with E-state index in [1.807, 2.05) is 0 Å². The summed E-state index contributed by atoms with van der Waals surface area (Å²) >= 11 is 5.14. The number of halogens is 2. The number of nitrogens with one attached hydrogen (secondary N) is 1. The molecule has 0 aliphatic rings. The predicted molar refractivity (Wildman–Crippen MR) is 93.8 cm³/mol. The third-order valence-corrected chi connectivity index (χ3v) is 3.88. The molecule has 3 aromatic rings. The minimum Gasteiger partial charge on any atom is -0.493 e. The molecular weight excluding hydrogens is 364 g/mol. The van der Waals surface area contributed by atoms with Crippen molar-refractivity contribution in [3.05, 3.63) is 52.9 Å². The van der Waals surface area contributed by atoms with Gasteiger partial charge in [-0.25, -0.2) is 13.5 Å². The van der Waals surface area contributed by atoms with Crippen molar-refractivity contribution in [1.82, 2.24) is 9.78 Å². The first-order valence-electron chi connectivity index (χ1n) is 7.51. The molecule has 1 heterocycles. The summed E-state index contributed by atoms with van der Waals surface area (Å²) in [5.74, 6) is 0.00852. The van der Waals surface area contributed by atoms with Crippen LogP contribution in [0.4, 0.5) is 14.5 Å². The summed E-state index contributed by atoms with van der Waals surface area (Å²) in [7, 11) is 3.06. The van der Waals surface area contributed by atoms with E-state index in [0.29, 0.717) is 17.1 Å².